The number of rotatable bonds is 8. The van der Waals surface area contributed by atoms with E-state index in [0.29, 0.717) is 23.8 Å². The molecule has 5 heteroatoms. The number of carbonyl (C=O) groups is 2. The number of ether oxygens (including phenoxy) is 1. The highest BCUT2D eigenvalue weighted by Crippen LogP contribution is 2.63. The molecule has 6 atom stereocenters. The Kier molecular flexibility index (Phi) is 6.58. The van der Waals surface area contributed by atoms with Gasteiger partial charge in [0.1, 0.15) is 5.75 Å². The predicted molar refractivity (Wildman–Crippen MR) is 133 cm³/mol. The van der Waals surface area contributed by atoms with Crippen LogP contribution >= 0.6 is 0 Å². The van der Waals surface area contributed by atoms with Gasteiger partial charge in [0.15, 0.2) is 0 Å². The van der Waals surface area contributed by atoms with Crippen LogP contribution in [0.4, 0.5) is 0 Å². The largest absolute Gasteiger partial charge is 0.497 e. The van der Waals surface area contributed by atoms with Crippen LogP contribution in [0.25, 0.3) is 0 Å². The number of carbonyl (C=O) groups excluding carboxylic acids is 2. The summed E-state index contributed by atoms with van der Waals surface area (Å²) in [5.41, 5.74) is 10.3. The number of methoxy groups -OCH3 is 1. The van der Waals surface area contributed by atoms with Crippen molar-refractivity contribution in [1.82, 2.24) is 4.90 Å². The Morgan fingerprint density at radius 3 is 2.76 bits per heavy atom. The number of ketones is 1. The Balaban J connectivity index is 1.15. The van der Waals surface area contributed by atoms with Crippen LogP contribution in [-0.2, 0) is 16.0 Å². The van der Waals surface area contributed by atoms with Crippen LogP contribution in [0.2, 0.25) is 0 Å². The van der Waals surface area contributed by atoms with Crippen molar-refractivity contribution in [1.29, 1.82) is 0 Å². The van der Waals surface area contributed by atoms with E-state index in [-0.39, 0.29) is 11.9 Å². The molecular formula is C29H40N2O3. The lowest BCUT2D eigenvalue weighted by Crippen LogP contribution is -2.46. The maximum absolute atomic E-state index is 11.7. The summed E-state index contributed by atoms with van der Waals surface area (Å²) >= 11 is 0. The molecule has 1 amide bonds. The molecule has 1 aromatic rings. The number of unbranched alkanes of at least 4 members (excludes halogenated alkanes) is 2. The summed E-state index contributed by atoms with van der Waals surface area (Å²) in [4.78, 5) is 24.6. The average molecular weight is 465 g/mol. The predicted octanol–water partition coefficient (Wildman–Crippen LogP) is 4.98. The van der Waals surface area contributed by atoms with E-state index in [2.05, 4.69) is 25.1 Å². The number of hydrogen-bond donors (Lipinski definition) is 1. The lowest BCUT2D eigenvalue weighted by atomic mass is 9.53. The molecule has 2 fully saturated rings. The van der Waals surface area contributed by atoms with E-state index in [0.717, 1.165) is 43.3 Å². The van der Waals surface area contributed by atoms with E-state index < -0.39 is 5.78 Å². The SMILES string of the molecule is COc1ccc2c(c1)CCC1C2CC[C@@]2(C)C1CC[C@@H]2C(N)CCCCCN1C=CC(=O)C1=O. The van der Waals surface area contributed by atoms with Gasteiger partial charge in [-0.1, -0.05) is 25.8 Å². The van der Waals surface area contributed by atoms with Crippen LogP contribution < -0.4 is 10.5 Å². The lowest BCUT2D eigenvalue weighted by molar-refractivity contribution is -0.139. The van der Waals surface area contributed by atoms with E-state index >= 15 is 0 Å². The maximum Gasteiger partial charge on any atom is 0.298 e. The Morgan fingerprint density at radius 2 is 2.00 bits per heavy atom. The van der Waals surface area contributed by atoms with Gasteiger partial charge < -0.3 is 15.4 Å². The fourth-order valence-corrected chi connectivity index (χ4v) is 8.08. The van der Waals surface area contributed by atoms with Crippen molar-refractivity contribution in [3.8, 4) is 5.75 Å². The first-order valence-corrected chi connectivity index (χ1v) is 13.4. The number of fused-ring (bicyclic) bond motifs is 5. The van der Waals surface area contributed by atoms with Crippen molar-refractivity contribution in [2.24, 2.45) is 28.9 Å². The molecule has 4 aliphatic rings. The van der Waals surface area contributed by atoms with E-state index in [9.17, 15) is 9.59 Å². The number of benzene rings is 1. The summed E-state index contributed by atoms with van der Waals surface area (Å²) in [7, 11) is 1.76. The summed E-state index contributed by atoms with van der Waals surface area (Å²) < 4.78 is 5.48. The molecule has 0 bridgehead atoms. The number of aryl methyl sites for hydroxylation is 1. The van der Waals surface area contributed by atoms with Crippen molar-refractivity contribution in [3.63, 3.8) is 0 Å². The van der Waals surface area contributed by atoms with E-state index in [4.69, 9.17) is 10.5 Å². The molecule has 5 nitrogen and oxygen atoms in total. The Bertz CT molecular complexity index is 972. The highest BCUT2D eigenvalue weighted by Gasteiger charge is 2.55. The minimum atomic E-state index is -0.401. The van der Waals surface area contributed by atoms with Crippen molar-refractivity contribution in [2.45, 2.75) is 83.1 Å². The van der Waals surface area contributed by atoms with Crippen molar-refractivity contribution in [2.75, 3.05) is 13.7 Å². The number of nitrogens with two attached hydrogens (primary N) is 1. The van der Waals surface area contributed by atoms with Crippen LogP contribution in [0, 0.1) is 23.2 Å². The third kappa shape index (κ3) is 4.10. The van der Waals surface area contributed by atoms with Gasteiger partial charge in [0.05, 0.1) is 7.11 Å². The zero-order chi connectivity index (χ0) is 23.9. The third-order valence-corrected chi connectivity index (χ3v) is 9.84. The van der Waals surface area contributed by atoms with Gasteiger partial charge in [-0.25, -0.2) is 0 Å². The molecular weight excluding hydrogens is 424 g/mol. The van der Waals surface area contributed by atoms with Gasteiger partial charge in [-0.2, -0.15) is 0 Å². The highest BCUT2D eigenvalue weighted by atomic mass is 16.5. The molecule has 34 heavy (non-hydrogen) atoms. The van der Waals surface area contributed by atoms with E-state index in [1.807, 2.05) is 0 Å². The Labute approximate surface area is 204 Å². The van der Waals surface area contributed by atoms with Gasteiger partial charge in [0.2, 0.25) is 5.78 Å². The van der Waals surface area contributed by atoms with Gasteiger partial charge in [-0.3, -0.25) is 9.59 Å². The van der Waals surface area contributed by atoms with Gasteiger partial charge in [0, 0.05) is 24.9 Å². The molecule has 0 radical (unpaired) electrons. The number of hydrogen-bond acceptors (Lipinski definition) is 4. The van der Waals surface area contributed by atoms with Crippen LogP contribution in [0.1, 0.15) is 81.8 Å². The molecule has 1 aliphatic heterocycles. The zero-order valence-electron chi connectivity index (χ0n) is 20.8. The summed E-state index contributed by atoms with van der Waals surface area (Å²) in [6, 6.07) is 7.02. The van der Waals surface area contributed by atoms with Crippen molar-refractivity contribution < 1.29 is 14.3 Å². The Morgan fingerprint density at radius 1 is 1.15 bits per heavy atom. The van der Waals surface area contributed by atoms with E-state index in [1.165, 1.54) is 50.2 Å². The smallest absolute Gasteiger partial charge is 0.298 e. The van der Waals surface area contributed by atoms with Crippen LogP contribution in [0.15, 0.2) is 30.5 Å². The molecule has 0 spiro atoms. The van der Waals surface area contributed by atoms with E-state index in [1.54, 1.807) is 23.8 Å². The van der Waals surface area contributed by atoms with Crippen LogP contribution in [0.3, 0.4) is 0 Å². The highest BCUT2D eigenvalue weighted by molar-refractivity contribution is 6.42. The molecule has 4 unspecified atom stereocenters. The van der Waals surface area contributed by atoms with Gasteiger partial charge in [-0.05, 0) is 104 Å². The molecule has 1 aromatic carbocycles. The minimum absolute atomic E-state index is 0.265. The number of nitrogens with zero attached hydrogens (tertiary/aromatic N) is 1. The first-order chi connectivity index (χ1) is 16.4. The first kappa shape index (κ1) is 23.6. The fourth-order valence-electron chi connectivity index (χ4n) is 8.08. The van der Waals surface area contributed by atoms with Crippen molar-refractivity contribution in [3.05, 3.63) is 41.6 Å². The van der Waals surface area contributed by atoms with Crippen LogP contribution in [0.5, 0.6) is 5.75 Å². The molecule has 5 rings (SSSR count). The summed E-state index contributed by atoms with van der Waals surface area (Å²) in [5.74, 6) is 3.12. The molecule has 0 aromatic heterocycles. The molecule has 184 valence electrons. The molecule has 0 saturated heterocycles. The summed E-state index contributed by atoms with van der Waals surface area (Å²) in [6.07, 6.45) is 14.8. The fraction of sp³-hybridized carbons (Fsp3) is 0.655. The molecule has 1 heterocycles. The quantitative estimate of drug-likeness (QED) is 0.435. The van der Waals surface area contributed by atoms with Gasteiger partial charge in [-0.15, -0.1) is 0 Å². The second kappa shape index (κ2) is 9.49. The maximum atomic E-state index is 11.7. The second-order valence-corrected chi connectivity index (χ2v) is 11.4. The molecule has 3 aliphatic carbocycles. The molecule has 2 saturated carbocycles. The lowest BCUT2D eigenvalue weighted by Gasteiger charge is -2.52. The van der Waals surface area contributed by atoms with Gasteiger partial charge >= 0.3 is 0 Å². The van der Waals surface area contributed by atoms with Crippen molar-refractivity contribution >= 4 is 11.7 Å². The monoisotopic (exact) mass is 464 g/mol. The van der Waals surface area contributed by atoms with Crippen LogP contribution in [-0.4, -0.2) is 36.3 Å². The first-order valence-electron chi connectivity index (χ1n) is 13.4. The van der Waals surface area contributed by atoms with Gasteiger partial charge in [0.25, 0.3) is 5.91 Å². The minimum Gasteiger partial charge on any atom is -0.497 e. The normalized spacial score (nSPS) is 33.0. The Hall–Kier alpha value is -2.14. The standard InChI is InChI=1S/C29H40N2O3/c1-29-15-13-22-21-10-8-20(34-2)18-19(21)7-9-23(22)24(29)11-12-25(29)26(30)6-4-3-5-16-31-17-14-27(32)28(31)33/h8,10,14,17-18,22-26H,3-7,9,11-13,15-16,30H2,1-2H3/t22?,23?,24?,25-,26?,29+/m1/s1. The topological polar surface area (TPSA) is 72.6 Å². The molecule has 2 N–H and O–H groups in total. The number of amides is 1. The summed E-state index contributed by atoms with van der Waals surface area (Å²) in [6.45, 7) is 3.19. The third-order valence-electron chi connectivity index (χ3n) is 9.84. The summed E-state index contributed by atoms with van der Waals surface area (Å²) in [5, 5.41) is 0. The second-order valence-electron chi connectivity index (χ2n) is 11.4. The zero-order valence-corrected chi connectivity index (χ0v) is 20.8. The average Bonchev–Trinajstić information content (AvgIpc) is 3.37.